The van der Waals surface area contributed by atoms with E-state index in [4.69, 9.17) is 17.3 Å². The van der Waals surface area contributed by atoms with Gasteiger partial charge in [-0.3, -0.25) is 4.79 Å². The van der Waals surface area contributed by atoms with Crippen LogP contribution in [0.1, 0.15) is 10.5 Å². The van der Waals surface area contributed by atoms with Crippen LogP contribution in [0.3, 0.4) is 0 Å². The molecule has 7 heteroatoms. The lowest BCUT2D eigenvalue weighted by Crippen LogP contribution is -2.14. The third-order valence-corrected chi connectivity index (χ3v) is 3.31. The van der Waals surface area contributed by atoms with E-state index in [2.05, 4.69) is 15.3 Å². The number of anilines is 2. The van der Waals surface area contributed by atoms with Crippen LogP contribution < -0.4 is 11.1 Å². The number of carbonyl (C=O) groups is 1. The molecule has 0 saturated carbocycles. The molecule has 2 aromatic heterocycles. The summed E-state index contributed by atoms with van der Waals surface area (Å²) in [6.45, 7) is 0. The molecule has 3 aromatic rings. The van der Waals surface area contributed by atoms with Crippen molar-refractivity contribution in [2.75, 3.05) is 5.32 Å². The number of primary amides is 1. The molecule has 3 rings (SSSR count). The van der Waals surface area contributed by atoms with Crippen molar-refractivity contribution >= 4 is 39.9 Å². The Hall–Kier alpha value is -2.60. The van der Waals surface area contributed by atoms with Gasteiger partial charge < -0.3 is 15.6 Å². The van der Waals surface area contributed by atoms with E-state index in [1.165, 1.54) is 6.07 Å². The second kappa shape index (κ2) is 5.06. The zero-order chi connectivity index (χ0) is 15.0. The summed E-state index contributed by atoms with van der Waals surface area (Å²) in [6, 6.07) is 9.33. The Morgan fingerprint density at radius 1 is 1.33 bits per heavy atom. The highest BCUT2D eigenvalue weighted by atomic mass is 35.5. The maximum absolute atomic E-state index is 11.2. The highest BCUT2D eigenvalue weighted by molar-refractivity contribution is 6.28. The minimum atomic E-state index is -0.653. The Kier molecular flexibility index (Phi) is 3.23. The molecule has 0 saturated heterocycles. The van der Waals surface area contributed by atoms with Gasteiger partial charge in [0.2, 0.25) is 5.28 Å². The number of nitrogens with two attached hydrogens (primary N) is 1. The Balaban J connectivity index is 2.04. The fourth-order valence-corrected chi connectivity index (χ4v) is 2.34. The summed E-state index contributed by atoms with van der Waals surface area (Å²) in [4.78, 5) is 19.0. The standard InChI is InChI=1S/C14H12ClN5O/c1-20-6-5-8-9(3-2-4-11(8)20)17-12-7-10(13(16)21)18-14(15)19-12/h2-7H,1H3,(H2,16,21)(H,17,18,19). The maximum Gasteiger partial charge on any atom is 0.267 e. The van der Waals surface area contributed by atoms with Crippen LogP contribution in [0.5, 0.6) is 0 Å². The maximum atomic E-state index is 11.2. The van der Waals surface area contributed by atoms with E-state index in [-0.39, 0.29) is 11.0 Å². The van der Waals surface area contributed by atoms with Crippen LogP contribution in [0.25, 0.3) is 10.9 Å². The summed E-state index contributed by atoms with van der Waals surface area (Å²) in [7, 11) is 1.97. The molecule has 1 aromatic carbocycles. The summed E-state index contributed by atoms with van der Waals surface area (Å²) in [5, 5.41) is 4.14. The van der Waals surface area contributed by atoms with Crippen LogP contribution in [0.4, 0.5) is 11.5 Å². The number of benzene rings is 1. The number of aryl methyl sites for hydroxylation is 1. The molecule has 0 radical (unpaired) electrons. The van der Waals surface area contributed by atoms with Crippen LogP contribution in [0, 0.1) is 0 Å². The molecule has 6 nitrogen and oxygen atoms in total. The highest BCUT2D eigenvalue weighted by Gasteiger charge is 2.09. The fraction of sp³-hybridized carbons (Fsp3) is 0.0714. The number of nitrogens with one attached hydrogen (secondary N) is 1. The first-order chi connectivity index (χ1) is 10.0. The lowest BCUT2D eigenvalue weighted by molar-refractivity contribution is 0.0995. The number of amides is 1. The second-order valence-corrected chi connectivity index (χ2v) is 4.90. The van der Waals surface area contributed by atoms with Gasteiger partial charge in [-0.2, -0.15) is 0 Å². The molecule has 21 heavy (non-hydrogen) atoms. The third-order valence-electron chi connectivity index (χ3n) is 3.14. The lowest BCUT2D eigenvalue weighted by Gasteiger charge is -2.08. The number of hydrogen-bond donors (Lipinski definition) is 2. The van der Waals surface area contributed by atoms with Crippen LogP contribution in [-0.4, -0.2) is 20.4 Å². The largest absolute Gasteiger partial charge is 0.364 e. The molecule has 106 valence electrons. The number of fused-ring (bicyclic) bond motifs is 1. The fourth-order valence-electron chi connectivity index (χ4n) is 2.16. The average Bonchev–Trinajstić information content (AvgIpc) is 2.81. The summed E-state index contributed by atoms with van der Waals surface area (Å²) in [6.07, 6.45) is 1.97. The molecular formula is C14H12ClN5O. The Bertz CT molecular complexity index is 842. The molecule has 3 N–H and O–H groups in total. The van der Waals surface area contributed by atoms with Crippen molar-refractivity contribution in [3.8, 4) is 0 Å². The molecule has 0 atom stereocenters. The van der Waals surface area contributed by atoms with Crippen LogP contribution >= 0.6 is 11.6 Å². The summed E-state index contributed by atoms with van der Waals surface area (Å²) < 4.78 is 2.02. The van der Waals surface area contributed by atoms with Crippen LogP contribution in [0.15, 0.2) is 36.5 Å². The van der Waals surface area contributed by atoms with Gasteiger partial charge in [0.1, 0.15) is 11.5 Å². The first kappa shape index (κ1) is 13.4. The predicted molar refractivity (Wildman–Crippen MR) is 81.8 cm³/mol. The van der Waals surface area contributed by atoms with Crippen molar-refractivity contribution in [3.05, 3.63) is 47.5 Å². The number of hydrogen-bond acceptors (Lipinski definition) is 4. The predicted octanol–water partition coefficient (Wildman–Crippen LogP) is 2.46. The molecule has 0 aliphatic heterocycles. The zero-order valence-corrected chi connectivity index (χ0v) is 11.9. The lowest BCUT2D eigenvalue weighted by atomic mass is 10.2. The number of nitrogens with zero attached hydrogens (tertiary/aromatic N) is 3. The molecule has 0 unspecified atom stereocenters. The summed E-state index contributed by atoms with van der Waals surface area (Å²) >= 11 is 5.81. The number of rotatable bonds is 3. The van der Waals surface area contributed by atoms with Crippen molar-refractivity contribution in [2.45, 2.75) is 0 Å². The van der Waals surface area contributed by atoms with Crippen LogP contribution in [0.2, 0.25) is 5.28 Å². The Labute approximate surface area is 125 Å². The van der Waals surface area contributed by atoms with E-state index in [1.807, 2.05) is 42.1 Å². The molecule has 1 amide bonds. The molecule has 0 aliphatic rings. The number of aromatic nitrogens is 3. The van der Waals surface area contributed by atoms with Crippen molar-refractivity contribution in [1.82, 2.24) is 14.5 Å². The molecule has 0 fully saturated rings. The van der Waals surface area contributed by atoms with Gasteiger partial charge in [0.25, 0.3) is 5.91 Å². The van der Waals surface area contributed by atoms with Gasteiger partial charge in [-0.05, 0) is 29.8 Å². The van der Waals surface area contributed by atoms with E-state index < -0.39 is 5.91 Å². The first-order valence-corrected chi connectivity index (χ1v) is 6.58. The van der Waals surface area contributed by atoms with E-state index in [0.717, 1.165) is 16.6 Å². The Morgan fingerprint density at radius 2 is 2.14 bits per heavy atom. The monoisotopic (exact) mass is 301 g/mol. The highest BCUT2D eigenvalue weighted by Crippen LogP contribution is 2.26. The SMILES string of the molecule is Cn1ccc2c(Nc3cc(C(N)=O)nc(Cl)n3)cccc21. The second-order valence-electron chi connectivity index (χ2n) is 4.56. The van der Waals surface area contributed by atoms with Crippen molar-refractivity contribution in [3.63, 3.8) is 0 Å². The van der Waals surface area contributed by atoms with Gasteiger partial charge in [-0.1, -0.05) is 6.07 Å². The minimum absolute atomic E-state index is 0.0333. The normalized spacial score (nSPS) is 10.8. The summed E-state index contributed by atoms with van der Waals surface area (Å²) in [5.74, 6) is -0.236. The topological polar surface area (TPSA) is 85.8 Å². The van der Waals surface area contributed by atoms with Crippen LogP contribution in [-0.2, 0) is 7.05 Å². The zero-order valence-electron chi connectivity index (χ0n) is 11.2. The average molecular weight is 302 g/mol. The molecule has 2 heterocycles. The van der Waals surface area contributed by atoms with Crippen molar-refractivity contribution in [2.24, 2.45) is 12.8 Å². The van der Waals surface area contributed by atoms with Gasteiger partial charge >= 0.3 is 0 Å². The van der Waals surface area contributed by atoms with Gasteiger partial charge in [0.15, 0.2) is 0 Å². The van der Waals surface area contributed by atoms with Gasteiger partial charge in [-0.15, -0.1) is 0 Å². The number of halogens is 1. The number of carbonyl (C=O) groups excluding carboxylic acids is 1. The molecule has 0 spiro atoms. The van der Waals surface area contributed by atoms with Gasteiger partial charge in [0.05, 0.1) is 0 Å². The van der Waals surface area contributed by atoms with E-state index in [0.29, 0.717) is 5.82 Å². The van der Waals surface area contributed by atoms with E-state index in [9.17, 15) is 4.79 Å². The van der Waals surface area contributed by atoms with Crippen molar-refractivity contribution < 1.29 is 4.79 Å². The van der Waals surface area contributed by atoms with Gasteiger partial charge in [0, 0.05) is 35.9 Å². The van der Waals surface area contributed by atoms with E-state index in [1.54, 1.807) is 0 Å². The minimum Gasteiger partial charge on any atom is -0.364 e. The van der Waals surface area contributed by atoms with Crippen molar-refractivity contribution in [1.29, 1.82) is 0 Å². The first-order valence-electron chi connectivity index (χ1n) is 6.20. The summed E-state index contributed by atoms with van der Waals surface area (Å²) in [5.41, 5.74) is 7.23. The molecule has 0 bridgehead atoms. The van der Waals surface area contributed by atoms with E-state index >= 15 is 0 Å². The Morgan fingerprint density at radius 3 is 2.90 bits per heavy atom. The smallest absolute Gasteiger partial charge is 0.267 e. The molecule has 0 aliphatic carbocycles. The molecular weight excluding hydrogens is 290 g/mol. The third kappa shape index (κ3) is 2.53. The van der Waals surface area contributed by atoms with Gasteiger partial charge in [-0.25, -0.2) is 9.97 Å². The quantitative estimate of drug-likeness (QED) is 0.728.